The van der Waals surface area contributed by atoms with E-state index in [0.29, 0.717) is 5.56 Å². The maximum Gasteiger partial charge on any atom is 0.338 e. The van der Waals surface area contributed by atoms with E-state index in [1.165, 1.54) is 34.5 Å². The number of rotatable bonds is 3. The topological polar surface area (TPSA) is 113 Å². The monoisotopic (exact) mass is 381 g/mol. The van der Waals surface area contributed by atoms with Crippen LogP contribution < -0.4 is 5.32 Å². The van der Waals surface area contributed by atoms with Crippen LogP contribution in [0.5, 0.6) is 0 Å². The first kappa shape index (κ1) is 18.3. The standard InChI is InChI=1S/C16H19N3O6S/c1-10-12(16(22)25-2)4-3-5-13(10)26(23,24)18-6-7-19-11(9-18)8-17-14(20)15(19)21/h3-5,11H,6-9H2,1-2H3,(H,17,20)/t11-/m1/s1. The molecule has 0 unspecified atom stereocenters. The van der Waals surface area contributed by atoms with Crippen molar-refractivity contribution in [1.82, 2.24) is 14.5 Å². The molecular formula is C16H19N3O6S. The quantitative estimate of drug-likeness (QED) is 0.537. The molecule has 2 amide bonds. The van der Waals surface area contributed by atoms with Gasteiger partial charge in [0.1, 0.15) is 0 Å². The van der Waals surface area contributed by atoms with E-state index < -0.39 is 33.8 Å². The summed E-state index contributed by atoms with van der Waals surface area (Å²) in [6.45, 7) is 2.07. The molecular weight excluding hydrogens is 362 g/mol. The number of ether oxygens (including phenoxy) is 1. The number of carbonyl (C=O) groups is 3. The van der Waals surface area contributed by atoms with Gasteiger partial charge in [-0.05, 0) is 24.6 Å². The Morgan fingerprint density at radius 1 is 1.27 bits per heavy atom. The SMILES string of the molecule is COC(=O)c1cccc(S(=O)(=O)N2CCN3C(=O)C(=O)NC[C@@H]3C2)c1C. The lowest BCUT2D eigenvalue weighted by molar-refractivity contribution is -0.151. The molecule has 2 aliphatic heterocycles. The minimum atomic E-state index is -3.86. The predicted molar refractivity (Wildman–Crippen MR) is 89.8 cm³/mol. The molecule has 9 nitrogen and oxygen atoms in total. The molecule has 1 aromatic carbocycles. The number of methoxy groups -OCH3 is 1. The van der Waals surface area contributed by atoms with Gasteiger partial charge in [0.15, 0.2) is 0 Å². The van der Waals surface area contributed by atoms with Gasteiger partial charge in [0, 0.05) is 26.2 Å². The molecule has 26 heavy (non-hydrogen) atoms. The van der Waals surface area contributed by atoms with E-state index in [2.05, 4.69) is 5.32 Å². The van der Waals surface area contributed by atoms with Gasteiger partial charge in [0.2, 0.25) is 10.0 Å². The first-order chi connectivity index (χ1) is 12.3. The summed E-state index contributed by atoms with van der Waals surface area (Å²) in [5, 5.41) is 2.47. The van der Waals surface area contributed by atoms with Crippen LogP contribution in [0.4, 0.5) is 0 Å². The fourth-order valence-electron chi connectivity index (χ4n) is 3.27. The Bertz CT molecular complexity index is 882. The van der Waals surface area contributed by atoms with Crippen molar-refractivity contribution in [3.05, 3.63) is 29.3 Å². The van der Waals surface area contributed by atoms with Crippen LogP contribution in [0, 0.1) is 6.92 Å². The molecule has 2 heterocycles. The van der Waals surface area contributed by atoms with E-state index in [-0.39, 0.29) is 36.6 Å². The molecule has 0 aromatic heterocycles. The smallest absolute Gasteiger partial charge is 0.338 e. The molecule has 0 saturated carbocycles. The van der Waals surface area contributed by atoms with Gasteiger partial charge in [0.05, 0.1) is 23.6 Å². The zero-order chi connectivity index (χ0) is 19.1. The van der Waals surface area contributed by atoms with Crippen molar-refractivity contribution in [2.45, 2.75) is 17.9 Å². The molecule has 1 aromatic rings. The molecule has 0 radical (unpaired) electrons. The van der Waals surface area contributed by atoms with Crippen LogP contribution in [0.15, 0.2) is 23.1 Å². The highest BCUT2D eigenvalue weighted by Gasteiger charge is 2.41. The largest absolute Gasteiger partial charge is 0.465 e. The Kier molecular flexibility index (Phi) is 4.72. The third-order valence-corrected chi connectivity index (χ3v) is 6.72. The van der Waals surface area contributed by atoms with Crippen LogP contribution in [-0.2, 0) is 24.3 Å². The maximum atomic E-state index is 13.1. The number of nitrogens with one attached hydrogen (secondary N) is 1. The normalized spacial score (nSPS) is 21.2. The number of nitrogens with zero attached hydrogens (tertiary/aromatic N) is 2. The Labute approximate surface area is 150 Å². The van der Waals surface area contributed by atoms with Gasteiger partial charge in [-0.3, -0.25) is 9.59 Å². The number of fused-ring (bicyclic) bond motifs is 1. The minimum absolute atomic E-state index is 0.0278. The van der Waals surface area contributed by atoms with Crippen LogP contribution in [0.3, 0.4) is 0 Å². The van der Waals surface area contributed by atoms with Gasteiger partial charge in [-0.15, -0.1) is 0 Å². The van der Waals surface area contributed by atoms with E-state index in [1.54, 1.807) is 6.92 Å². The van der Waals surface area contributed by atoms with Crippen molar-refractivity contribution in [1.29, 1.82) is 0 Å². The predicted octanol–water partition coefficient (Wildman–Crippen LogP) is -0.887. The van der Waals surface area contributed by atoms with Crippen molar-refractivity contribution in [3.63, 3.8) is 0 Å². The average molecular weight is 381 g/mol. The molecule has 1 atom stereocenters. The maximum absolute atomic E-state index is 13.1. The van der Waals surface area contributed by atoms with Gasteiger partial charge in [-0.25, -0.2) is 13.2 Å². The van der Waals surface area contributed by atoms with Crippen molar-refractivity contribution in [2.75, 3.05) is 33.3 Å². The summed E-state index contributed by atoms with van der Waals surface area (Å²) in [7, 11) is -2.63. The summed E-state index contributed by atoms with van der Waals surface area (Å²) >= 11 is 0. The second-order valence-electron chi connectivity index (χ2n) is 6.15. The third kappa shape index (κ3) is 2.95. The highest BCUT2D eigenvalue weighted by molar-refractivity contribution is 7.89. The lowest BCUT2D eigenvalue weighted by atomic mass is 10.1. The number of esters is 1. The van der Waals surface area contributed by atoms with Crippen LogP contribution in [0.25, 0.3) is 0 Å². The Morgan fingerprint density at radius 3 is 2.69 bits per heavy atom. The summed E-state index contributed by atoms with van der Waals surface area (Å²) in [5.74, 6) is -1.91. The van der Waals surface area contributed by atoms with Crippen molar-refractivity contribution >= 4 is 27.8 Å². The number of carbonyl (C=O) groups excluding carboxylic acids is 3. The summed E-state index contributed by atoms with van der Waals surface area (Å²) < 4.78 is 32.1. The lowest BCUT2D eigenvalue weighted by Gasteiger charge is -2.42. The number of piperazine rings is 2. The van der Waals surface area contributed by atoms with Crippen LogP contribution in [0.2, 0.25) is 0 Å². The highest BCUT2D eigenvalue weighted by Crippen LogP contribution is 2.26. The molecule has 140 valence electrons. The molecule has 0 bridgehead atoms. The molecule has 2 aliphatic rings. The number of sulfonamides is 1. The first-order valence-corrected chi connectivity index (χ1v) is 9.48. The van der Waals surface area contributed by atoms with Gasteiger partial charge >= 0.3 is 17.8 Å². The van der Waals surface area contributed by atoms with Crippen LogP contribution >= 0.6 is 0 Å². The van der Waals surface area contributed by atoms with E-state index in [1.807, 2.05) is 0 Å². The number of hydrogen-bond donors (Lipinski definition) is 1. The Morgan fingerprint density at radius 2 is 2.00 bits per heavy atom. The molecule has 10 heteroatoms. The second kappa shape index (κ2) is 6.69. The van der Waals surface area contributed by atoms with Crippen LogP contribution in [-0.4, -0.2) is 74.7 Å². The molecule has 2 saturated heterocycles. The molecule has 2 fully saturated rings. The zero-order valence-electron chi connectivity index (χ0n) is 14.4. The summed E-state index contributed by atoms with van der Waals surface area (Å²) in [4.78, 5) is 36.6. The van der Waals surface area contributed by atoms with Gasteiger partial charge in [-0.2, -0.15) is 4.31 Å². The number of benzene rings is 1. The van der Waals surface area contributed by atoms with E-state index in [0.717, 1.165) is 0 Å². The fraction of sp³-hybridized carbons (Fsp3) is 0.438. The molecule has 1 N–H and O–H groups in total. The van der Waals surface area contributed by atoms with E-state index in [9.17, 15) is 22.8 Å². The molecule has 0 aliphatic carbocycles. The minimum Gasteiger partial charge on any atom is -0.465 e. The summed E-state index contributed by atoms with van der Waals surface area (Å²) in [6.07, 6.45) is 0. The first-order valence-electron chi connectivity index (χ1n) is 8.04. The second-order valence-corrected chi connectivity index (χ2v) is 8.05. The number of hydrogen-bond acceptors (Lipinski definition) is 6. The fourth-order valence-corrected chi connectivity index (χ4v) is 4.98. The van der Waals surface area contributed by atoms with Crippen molar-refractivity contribution in [2.24, 2.45) is 0 Å². The summed E-state index contributed by atoms with van der Waals surface area (Å²) in [6, 6.07) is 4.03. The zero-order valence-corrected chi connectivity index (χ0v) is 15.2. The number of amides is 2. The highest BCUT2D eigenvalue weighted by atomic mass is 32.2. The third-order valence-electron chi connectivity index (χ3n) is 4.71. The molecule has 3 rings (SSSR count). The van der Waals surface area contributed by atoms with Crippen LogP contribution in [0.1, 0.15) is 15.9 Å². The van der Waals surface area contributed by atoms with E-state index in [4.69, 9.17) is 4.74 Å². The van der Waals surface area contributed by atoms with Gasteiger partial charge < -0.3 is 15.0 Å². The van der Waals surface area contributed by atoms with Gasteiger partial charge in [0.25, 0.3) is 0 Å². The van der Waals surface area contributed by atoms with E-state index >= 15 is 0 Å². The summed E-state index contributed by atoms with van der Waals surface area (Å²) in [5.41, 5.74) is 0.502. The van der Waals surface area contributed by atoms with Gasteiger partial charge in [-0.1, -0.05) is 6.07 Å². The van der Waals surface area contributed by atoms with Crippen molar-refractivity contribution < 1.29 is 27.5 Å². The van der Waals surface area contributed by atoms with Crippen molar-refractivity contribution in [3.8, 4) is 0 Å². The Hall–Kier alpha value is -2.46. The average Bonchev–Trinajstić information content (AvgIpc) is 2.64. The molecule has 0 spiro atoms. The Balaban J connectivity index is 1.89. The lowest BCUT2D eigenvalue weighted by Crippen LogP contribution is -2.65.